The van der Waals surface area contributed by atoms with Crippen molar-refractivity contribution in [2.45, 2.75) is 194 Å². The van der Waals surface area contributed by atoms with E-state index in [1.807, 2.05) is 12.2 Å². The number of carbonyl (C=O) groups is 3. The average Bonchev–Trinajstić information content (AvgIpc) is 3.23. The van der Waals surface area contributed by atoms with E-state index < -0.39 is 12.1 Å². The smallest absolute Gasteiger partial charge is 0.306 e. The Labute approximate surface area is 361 Å². The fraction of sp³-hybridized carbons (Fsp3) is 0.604. The quantitative estimate of drug-likeness (QED) is 0.0265. The van der Waals surface area contributed by atoms with Gasteiger partial charge in [0.05, 0.1) is 0 Å². The SMILES string of the molecule is CC/C=C\C/C=C\C/C=C\C/C=C\C/C=C\CCCC(=O)OCC(COC(=O)CCCCCCCCCCCCC)OC(=O)CC/C=C\C/C=C\C/C=C\C/C=C\CC. The summed E-state index contributed by atoms with van der Waals surface area (Å²) in [5.41, 5.74) is 0. The van der Waals surface area contributed by atoms with E-state index in [0.717, 1.165) is 83.5 Å². The van der Waals surface area contributed by atoms with E-state index in [1.165, 1.54) is 51.4 Å². The average molecular weight is 817 g/mol. The highest BCUT2D eigenvalue weighted by Crippen LogP contribution is 2.13. The summed E-state index contributed by atoms with van der Waals surface area (Å²) in [5, 5.41) is 0. The van der Waals surface area contributed by atoms with Crippen molar-refractivity contribution >= 4 is 17.9 Å². The van der Waals surface area contributed by atoms with Gasteiger partial charge in [-0.05, 0) is 83.5 Å². The van der Waals surface area contributed by atoms with E-state index in [-0.39, 0.29) is 38.0 Å². The van der Waals surface area contributed by atoms with Crippen LogP contribution in [0.15, 0.2) is 109 Å². The standard InChI is InChI=1S/C53H84O6/c1-4-7-10-13-16-19-22-24-25-26-27-29-31-34-37-40-43-46-52(55)58-49-50(48-57-51(54)45-42-39-36-33-30-21-18-15-12-9-6-3)59-53(56)47-44-41-38-35-32-28-23-20-17-14-11-8-5-2/h7-8,10-11,16-17,19-20,24-25,27-29,32,34,37-38,41,50H,4-6,9,12-15,18,21-23,26,30-31,33,35-36,39-40,42-49H2,1-3H3/b10-7-,11-8-,19-16-,20-17-,25-24-,29-27-,32-28-,37-34-,41-38-. The predicted molar refractivity (Wildman–Crippen MR) is 251 cm³/mol. The second-order valence-electron chi connectivity index (χ2n) is 14.9. The molecule has 0 aromatic heterocycles. The van der Waals surface area contributed by atoms with Gasteiger partial charge in [0.1, 0.15) is 13.2 Å². The Kier molecular flexibility index (Phi) is 43.6. The van der Waals surface area contributed by atoms with Crippen molar-refractivity contribution in [3.63, 3.8) is 0 Å². The molecule has 6 nitrogen and oxygen atoms in total. The summed E-state index contributed by atoms with van der Waals surface area (Å²) < 4.78 is 16.6. The molecule has 0 aliphatic carbocycles. The summed E-state index contributed by atoms with van der Waals surface area (Å²) in [6, 6.07) is 0. The molecule has 1 unspecified atom stereocenters. The van der Waals surface area contributed by atoms with Crippen LogP contribution in [0.4, 0.5) is 0 Å². The highest BCUT2D eigenvalue weighted by atomic mass is 16.6. The summed E-state index contributed by atoms with van der Waals surface area (Å²) in [6.07, 6.45) is 62.3. The van der Waals surface area contributed by atoms with Crippen LogP contribution in [-0.4, -0.2) is 37.2 Å². The first-order valence-electron chi connectivity index (χ1n) is 23.4. The van der Waals surface area contributed by atoms with Crippen LogP contribution >= 0.6 is 0 Å². The zero-order valence-electron chi connectivity index (χ0n) is 37.7. The minimum atomic E-state index is -0.837. The molecule has 0 N–H and O–H groups in total. The number of carbonyl (C=O) groups excluding carboxylic acids is 3. The molecule has 0 bridgehead atoms. The number of unbranched alkanes of at least 4 members (excludes halogenated alkanes) is 11. The van der Waals surface area contributed by atoms with Gasteiger partial charge in [-0.15, -0.1) is 0 Å². The topological polar surface area (TPSA) is 78.9 Å². The van der Waals surface area contributed by atoms with Gasteiger partial charge in [-0.1, -0.05) is 194 Å². The first-order valence-corrected chi connectivity index (χ1v) is 23.4. The zero-order valence-corrected chi connectivity index (χ0v) is 37.7. The molecule has 0 saturated carbocycles. The first kappa shape index (κ1) is 55.1. The molecule has 0 fully saturated rings. The Morgan fingerprint density at radius 2 is 0.695 bits per heavy atom. The summed E-state index contributed by atoms with van der Waals surface area (Å²) in [7, 11) is 0. The number of allylic oxidation sites excluding steroid dienone is 18. The van der Waals surface area contributed by atoms with Crippen molar-refractivity contribution in [1.29, 1.82) is 0 Å². The van der Waals surface area contributed by atoms with E-state index >= 15 is 0 Å². The Morgan fingerprint density at radius 3 is 1.10 bits per heavy atom. The Morgan fingerprint density at radius 1 is 0.356 bits per heavy atom. The summed E-state index contributed by atoms with van der Waals surface area (Å²) in [6.45, 7) is 6.26. The molecule has 0 aliphatic rings. The van der Waals surface area contributed by atoms with Gasteiger partial charge in [0, 0.05) is 19.3 Å². The molecule has 0 spiro atoms. The summed E-state index contributed by atoms with van der Waals surface area (Å²) in [4.78, 5) is 37.7. The molecular weight excluding hydrogens is 733 g/mol. The molecule has 0 heterocycles. The molecule has 0 aromatic carbocycles. The Hall–Kier alpha value is -3.93. The van der Waals surface area contributed by atoms with Crippen LogP contribution in [0.25, 0.3) is 0 Å². The largest absolute Gasteiger partial charge is 0.462 e. The van der Waals surface area contributed by atoms with Crippen LogP contribution in [0.1, 0.15) is 188 Å². The van der Waals surface area contributed by atoms with Gasteiger partial charge in [0.15, 0.2) is 6.10 Å². The van der Waals surface area contributed by atoms with E-state index in [0.29, 0.717) is 19.3 Å². The lowest BCUT2D eigenvalue weighted by Crippen LogP contribution is -2.30. The molecule has 1 atom stereocenters. The summed E-state index contributed by atoms with van der Waals surface area (Å²) >= 11 is 0. The van der Waals surface area contributed by atoms with E-state index in [9.17, 15) is 14.4 Å². The molecule has 0 rings (SSSR count). The number of esters is 3. The molecular formula is C53H84O6. The second kappa shape index (κ2) is 46.8. The van der Waals surface area contributed by atoms with Crippen molar-refractivity contribution in [3.05, 3.63) is 109 Å². The van der Waals surface area contributed by atoms with Gasteiger partial charge in [-0.25, -0.2) is 0 Å². The lowest BCUT2D eigenvalue weighted by Gasteiger charge is -2.18. The van der Waals surface area contributed by atoms with E-state index in [4.69, 9.17) is 14.2 Å². The van der Waals surface area contributed by atoms with Crippen LogP contribution in [0.3, 0.4) is 0 Å². The monoisotopic (exact) mass is 817 g/mol. The molecule has 0 aromatic rings. The van der Waals surface area contributed by atoms with Crippen LogP contribution < -0.4 is 0 Å². The molecule has 0 amide bonds. The minimum absolute atomic E-state index is 0.125. The van der Waals surface area contributed by atoms with Gasteiger partial charge in [-0.2, -0.15) is 0 Å². The maximum absolute atomic E-state index is 12.7. The fourth-order valence-corrected chi connectivity index (χ4v) is 5.84. The Balaban J connectivity index is 4.58. The van der Waals surface area contributed by atoms with Crippen molar-refractivity contribution in [3.8, 4) is 0 Å². The normalized spacial score (nSPS) is 13.1. The first-order chi connectivity index (χ1) is 29.0. The number of hydrogen-bond acceptors (Lipinski definition) is 6. The van der Waals surface area contributed by atoms with Crippen molar-refractivity contribution in [2.75, 3.05) is 13.2 Å². The highest BCUT2D eigenvalue weighted by Gasteiger charge is 2.19. The van der Waals surface area contributed by atoms with Crippen LogP contribution in [0.2, 0.25) is 0 Å². The third-order valence-corrected chi connectivity index (χ3v) is 9.29. The Bertz CT molecular complexity index is 1260. The predicted octanol–water partition coefficient (Wildman–Crippen LogP) is 15.2. The zero-order chi connectivity index (χ0) is 43.0. The van der Waals surface area contributed by atoms with Crippen LogP contribution in [0.5, 0.6) is 0 Å². The van der Waals surface area contributed by atoms with Crippen molar-refractivity contribution in [1.82, 2.24) is 0 Å². The fourth-order valence-electron chi connectivity index (χ4n) is 5.84. The van der Waals surface area contributed by atoms with Gasteiger partial charge >= 0.3 is 17.9 Å². The van der Waals surface area contributed by atoms with Gasteiger partial charge in [0.2, 0.25) is 0 Å². The molecule has 0 radical (unpaired) electrons. The molecule has 59 heavy (non-hydrogen) atoms. The highest BCUT2D eigenvalue weighted by molar-refractivity contribution is 5.71. The number of rotatable bonds is 40. The van der Waals surface area contributed by atoms with Gasteiger partial charge < -0.3 is 14.2 Å². The maximum Gasteiger partial charge on any atom is 0.306 e. The van der Waals surface area contributed by atoms with E-state index in [1.54, 1.807) is 0 Å². The second-order valence-corrected chi connectivity index (χ2v) is 14.9. The maximum atomic E-state index is 12.7. The molecule has 0 saturated heterocycles. The van der Waals surface area contributed by atoms with E-state index in [2.05, 4.69) is 118 Å². The van der Waals surface area contributed by atoms with Crippen LogP contribution in [-0.2, 0) is 28.6 Å². The van der Waals surface area contributed by atoms with Crippen molar-refractivity contribution < 1.29 is 28.6 Å². The molecule has 332 valence electrons. The van der Waals surface area contributed by atoms with Gasteiger partial charge in [-0.3, -0.25) is 14.4 Å². The number of ether oxygens (including phenoxy) is 3. The molecule has 0 aliphatic heterocycles. The van der Waals surface area contributed by atoms with Crippen molar-refractivity contribution in [2.24, 2.45) is 0 Å². The summed E-state index contributed by atoms with van der Waals surface area (Å²) in [5.74, 6) is -1.08. The third kappa shape index (κ3) is 45.0. The minimum Gasteiger partial charge on any atom is -0.462 e. The third-order valence-electron chi connectivity index (χ3n) is 9.29. The number of hydrogen-bond donors (Lipinski definition) is 0. The van der Waals surface area contributed by atoms with Gasteiger partial charge in [0.25, 0.3) is 0 Å². The lowest BCUT2D eigenvalue weighted by atomic mass is 10.1. The molecule has 6 heteroatoms. The lowest BCUT2D eigenvalue weighted by molar-refractivity contribution is -0.166. The van der Waals surface area contributed by atoms with Crippen LogP contribution in [0, 0.1) is 0 Å².